The van der Waals surface area contributed by atoms with Crippen molar-refractivity contribution in [3.8, 4) is 0 Å². The van der Waals surface area contributed by atoms with E-state index in [0.717, 1.165) is 55.0 Å². The molecular weight excluding hydrogens is 286 g/mol. The molecule has 3 heterocycles. The van der Waals surface area contributed by atoms with Gasteiger partial charge in [-0.1, -0.05) is 12.1 Å². The molecule has 21 heavy (non-hydrogen) atoms. The Balaban J connectivity index is 1.39. The molecule has 1 aliphatic heterocycles. The van der Waals surface area contributed by atoms with Crippen LogP contribution in [0.1, 0.15) is 62.0 Å². The maximum Gasteiger partial charge on any atom is 0.229 e. The predicted octanol–water partition coefficient (Wildman–Crippen LogP) is 2.74. The smallest absolute Gasteiger partial charge is 0.229 e. The number of aryl methyl sites for hydroxylation is 1. The molecule has 6 nitrogen and oxygen atoms in total. The Morgan fingerprint density at radius 2 is 1.95 bits per heavy atom. The second-order valence-corrected chi connectivity index (χ2v) is 6.60. The second-order valence-electron chi connectivity index (χ2n) is 5.87. The van der Waals surface area contributed by atoms with Crippen molar-refractivity contribution in [2.75, 3.05) is 18.0 Å². The van der Waals surface area contributed by atoms with Crippen molar-refractivity contribution < 1.29 is 4.52 Å². The monoisotopic (exact) mass is 305 g/mol. The van der Waals surface area contributed by atoms with Crippen LogP contribution < -0.4 is 4.90 Å². The van der Waals surface area contributed by atoms with Gasteiger partial charge in [0.1, 0.15) is 5.82 Å². The number of rotatable bonds is 4. The molecule has 0 atom stereocenters. The molecule has 0 aromatic carbocycles. The lowest BCUT2D eigenvalue weighted by atomic mass is 9.96. The number of piperidine rings is 1. The summed E-state index contributed by atoms with van der Waals surface area (Å²) in [5.41, 5.74) is 0. The highest BCUT2D eigenvalue weighted by atomic mass is 32.1. The van der Waals surface area contributed by atoms with Gasteiger partial charge in [-0.15, -0.1) is 0 Å². The highest BCUT2D eigenvalue weighted by molar-refractivity contribution is 7.09. The maximum absolute atomic E-state index is 5.38. The first-order valence-electron chi connectivity index (χ1n) is 7.74. The Labute approximate surface area is 127 Å². The van der Waals surface area contributed by atoms with E-state index in [-0.39, 0.29) is 0 Å². The lowest BCUT2D eigenvalue weighted by Crippen LogP contribution is -2.33. The third-order valence-electron chi connectivity index (χ3n) is 4.29. The lowest BCUT2D eigenvalue weighted by molar-refractivity contribution is 0.365. The minimum Gasteiger partial charge on any atom is -0.347 e. The van der Waals surface area contributed by atoms with Crippen LogP contribution in [0, 0.1) is 0 Å². The minimum absolute atomic E-state index is 0.427. The fourth-order valence-corrected chi connectivity index (χ4v) is 3.56. The average molecular weight is 305 g/mol. The number of nitrogens with zero attached hydrogens (tertiary/aromatic N) is 5. The molecule has 0 N–H and O–H groups in total. The van der Waals surface area contributed by atoms with Crippen LogP contribution in [0.5, 0.6) is 0 Å². The Morgan fingerprint density at radius 1 is 1.14 bits per heavy atom. The van der Waals surface area contributed by atoms with Crippen molar-refractivity contribution in [3.63, 3.8) is 0 Å². The molecule has 7 heteroatoms. The molecule has 2 aromatic heterocycles. The standard InChI is InChI=1S/C14H19N5OS/c1-2-11-15-14(21-18-11)19-7-5-9(6-8-19)12-16-13(20-17-12)10-3-4-10/h9-10H,2-8H2,1H3. The first kappa shape index (κ1) is 13.2. The van der Waals surface area contributed by atoms with Crippen LogP contribution in [0.15, 0.2) is 4.52 Å². The van der Waals surface area contributed by atoms with E-state index in [4.69, 9.17) is 4.52 Å². The molecule has 0 amide bonds. The summed E-state index contributed by atoms with van der Waals surface area (Å²) < 4.78 is 9.74. The summed E-state index contributed by atoms with van der Waals surface area (Å²) in [4.78, 5) is 11.5. The Bertz CT molecular complexity index is 612. The number of hydrogen-bond donors (Lipinski definition) is 0. The molecule has 0 radical (unpaired) electrons. The van der Waals surface area contributed by atoms with E-state index in [0.29, 0.717) is 11.8 Å². The zero-order valence-electron chi connectivity index (χ0n) is 12.2. The first-order valence-corrected chi connectivity index (χ1v) is 8.52. The van der Waals surface area contributed by atoms with E-state index in [1.807, 2.05) is 0 Å². The van der Waals surface area contributed by atoms with Gasteiger partial charge < -0.3 is 9.42 Å². The number of aromatic nitrogens is 4. The second kappa shape index (κ2) is 5.36. The quantitative estimate of drug-likeness (QED) is 0.865. The van der Waals surface area contributed by atoms with E-state index in [9.17, 15) is 0 Å². The van der Waals surface area contributed by atoms with Gasteiger partial charge in [0.2, 0.25) is 11.0 Å². The van der Waals surface area contributed by atoms with Gasteiger partial charge in [0.15, 0.2) is 5.82 Å². The summed E-state index contributed by atoms with van der Waals surface area (Å²) in [6, 6.07) is 0. The van der Waals surface area contributed by atoms with Crippen molar-refractivity contribution in [3.05, 3.63) is 17.5 Å². The predicted molar refractivity (Wildman–Crippen MR) is 79.7 cm³/mol. The van der Waals surface area contributed by atoms with Crippen molar-refractivity contribution in [1.29, 1.82) is 0 Å². The average Bonchev–Trinajstić information content (AvgIpc) is 3.08. The van der Waals surface area contributed by atoms with Gasteiger partial charge in [-0.3, -0.25) is 0 Å². The van der Waals surface area contributed by atoms with Gasteiger partial charge in [0.05, 0.1) is 0 Å². The molecule has 1 saturated heterocycles. The first-order chi connectivity index (χ1) is 10.3. The molecule has 1 saturated carbocycles. The lowest BCUT2D eigenvalue weighted by Gasteiger charge is -2.29. The van der Waals surface area contributed by atoms with E-state index in [2.05, 4.69) is 31.3 Å². The van der Waals surface area contributed by atoms with Crippen LogP contribution in [0.4, 0.5) is 5.13 Å². The molecular formula is C14H19N5OS. The molecule has 2 aromatic rings. The fraction of sp³-hybridized carbons (Fsp3) is 0.714. The molecule has 2 fully saturated rings. The molecule has 112 valence electrons. The van der Waals surface area contributed by atoms with Gasteiger partial charge >= 0.3 is 0 Å². The summed E-state index contributed by atoms with van der Waals surface area (Å²) in [5, 5.41) is 5.24. The zero-order valence-corrected chi connectivity index (χ0v) is 13.0. The van der Waals surface area contributed by atoms with Crippen LogP contribution in [-0.4, -0.2) is 32.6 Å². The highest BCUT2D eigenvalue weighted by Gasteiger charge is 2.32. The van der Waals surface area contributed by atoms with Gasteiger partial charge in [-0.25, -0.2) is 4.98 Å². The van der Waals surface area contributed by atoms with Gasteiger partial charge in [-0.2, -0.15) is 9.36 Å². The van der Waals surface area contributed by atoms with Crippen LogP contribution in [0.25, 0.3) is 0 Å². The third kappa shape index (κ3) is 2.66. The third-order valence-corrected chi connectivity index (χ3v) is 5.10. The number of hydrogen-bond acceptors (Lipinski definition) is 7. The topological polar surface area (TPSA) is 67.9 Å². The highest BCUT2D eigenvalue weighted by Crippen LogP contribution is 2.40. The summed E-state index contributed by atoms with van der Waals surface area (Å²) in [7, 11) is 0. The summed E-state index contributed by atoms with van der Waals surface area (Å²) in [5.74, 6) is 3.67. The van der Waals surface area contributed by atoms with Gasteiger partial charge in [-0.05, 0) is 25.7 Å². The van der Waals surface area contributed by atoms with Crippen LogP contribution >= 0.6 is 11.5 Å². The van der Waals surface area contributed by atoms with E-state index < -0.39 is 0 Å². The van der Waals surface area contributed by atoms with E-state index in [1.54, 1.807) is 0 Å². The van der Waals surface area contributed by atoms with Gasteiger partial charge in [0.25, 0.3) is 0 Å². The molecule has 2 aliphatic rings. The molecule has 0 spiro atoms. The Hall–Kier alpha value is -1.50. The molecule has 4 rings (SSSR count). The normalized spacial score (nSPS) is 20.1. The van der Waals surface area contributed by atoms with Crippen molar-refractivity contribution in [1.82, 2.24) is 19.5 Å². The van der Waals surface area contributed by atoms with Crippen molar-refractivity contribution in [2.24, 2.45) is 0 Å². The molecule has 1 aliphatic carbocycles. The Morgan fingerprint density at radius 3 is 2.62 bits per heavy atom. The summed E-state index contributed by atoms with van der Waals surface area (Å²) in [6.07, 6.45) is 5.43. The van der Waals surface area contributed by atoms with Crippen LogP contribution in [-0.2, 0) is 6.42 Å². The van der Waals surface area contributed by atoms with Crippen LogP contribution in [0.3, 0.4) is 0 Å². The summed E-state index contributed by atoms with van der Waals surface area (Å²) >= 11 is 1.51. The van der Waals surface area contributed by atoms with Crippen molar-refractivity contribution >= 4 is 16.7 Å². The molecule has 0 unspecified atom stereocenters. The SMILES string of the molecule is CCc1nsc(N2CCC(c3noc(C4CC4)n3)CC2)n1. The van der Waals surface area contributed by atoms with Crippen molar-refractivity contribution in [2.45, 2.75) is 50.9 Å². The maximum atomic E-state index is 5.38. The van der Waals surface area contributed by atoms with E-state index >= 15 is 0 Å². The van der Waals surface area contributed by atoms with Gasteiger partial charge in [0, 0.05) is 42.9 Å². The summed E-state index contributed by atoms with van der Waals surface area (Å²) in [6.45, 7) is 4.08. The van der Waals surface area contributed by atoms with Crippen LogP contribution in [0.2, 0.25) is 0 Å². The zero-order chi connectivity index (χ0) is 14.2. The van der Waals surface area contributed by atoms with E-state index in [1.165, 1.54) is 24.4 Å². The largest absolute Gasteiger partial charge is 0.347 e. The number of anilines is 1. The fourth-order valence-electron chi connectivity index (χ4n) is 2.75. The molecule has 0 bridgehead atoms. The minimum atomic E-state index is 0.427. The Kier molecular flexibility index (Phi) is 3.37.